The maximum Gasteiger partial charge on any atom is 0.226 e. The van der Waals surface area contributed by atoms with Crippen LogP contribution >= 0.6 is 11.3 Å². The van der Waals surface area contributed by atoms with Crippen molar-refractivity contribution in [1.29, 1.82) is 0 Å². The van der Waals surface area contributed by atoms with Crippen molar-refractivity contribution >= 4 is 22.4 Å². The van der Waals surface area contributed by atoms with E-state index in [9.17, 15) is 4.79 Å². The van der Waals surface area contributed by atoms with E-state index < -0.39 is 0 Å². The number of carbonyl (C=O) groups is 1. The lowest BCUT2D eigenvalue weighted by Crippen LogP contribution is -2.10. The molecular weight excluding hydrogens is 340 g/mol. The Kier molecular flexibility index (Phi) is 8.82. The molecule has 2 aromatic rings. The van der Waals surface area contributed by atoms with E-state index in [1.54, 1.807) is 0 Å². The van der Waals surface area contributed by atoms with Gasteiger partial charge >= 0.3 is 0 Å². The topological polar surface area (TPSA) is 42.0 Å². The SMILES string of the molecule is CCCCCCCCC(=O)Nc1nc(-c2ccc(CC(C)C)cc2)cs1. The quantitative estimate of drug-likeness (QED) is 0.446. The number of nitrogens with one attached hydrogen (secondary N) is 1. The average Bonchev–Trinajstić information content (AvgIpc) is 3.06. The second kappa shape index (κ2) is 11.1. The normalized spacial score (nSPS) is 11.1. The van der Waals surface area contributed by atoms with Crippen LogP contribution in [-0.4, -0.2) is 10.9 Å². The van der Waals surface area contributed by atoms with Crippen LogP contribution in [0.15, 0.2) is 29.6 Å². The summed E-state index contributed by atoms with van der Waals surface area (Å²) < 4.78 is 0. The fraction of sp³-hybridized carbons (Fsp3) is 0.545. The van der Waals surface area contributed by atoms with Crippen LogP contribution in [0.2, 0.25) is 0 Å². The van der Waals surface area contributed by atoms with Crippen molar-refractivity contribution in [3.63, 3.8) is 0 Å². The number of hydrogen-bond donors (Lipinski definition) is 1. The molecule has 0 aliphatic carbocycles. The number of unbranched alkanes of at least 4 members (excludes halogenated alkanes) is 5. The summed E-state index contributed by atoms with van der Waals surface area (Å²) >= 11 is 1.49. The van der Waals surface area contributed by atoms with Gasteiger partial charge in [0.05, 0.1) is 5.69 Å². The molecule has 142 valence electrons. The zero-order valence-corrected chi connectivity index (χ0v) is 17.2. The predicted octanol–water partition coefficient (Wildman–Crippen LogP) is 6.70. The molecule has 0 unspecified atom stereocenters. The van der Waals surface area contributed by atoms with E-state index in [0.29, 0.717) is 17.5 Å². The largest absolute Gasteiger partial charge is 0.302 e. The third-order valence-electron chi connectivity index (χ3n) is 4.40. The fourth-order valence-corrected chi connectivity index (χ4v) is 3.73. The van der Waals surface area contributed by atoms with Crippen LogP contribution in [0.4, 0.5) is 5.13 Å². The minimum atomic E-state index is 0.0775. The van der Waals surface area contributed by atoms with Crippen LogP contribution in [0.3, 0.4) is 0 Å². The highest BCUT2D eigenvalue weighted by Gasteiger charge is 2.08. The molecule has 0 bridgehead atoms. The third kappa shape index (κ3) is 7.28. The zero-order valence-electron chi connectivity index (χ0n) is 16.4. The first-order valence-corrected chi connectivity index (χ1v) is 10.8. The molecule has 0 spiro atoms. The Bertz CT molecular complexity index is 661. The summed E-state index contributed by atoms with van der Waals surface area (Å²) in [5, 5.41) is 5.65. The summed E-state index contributed by atoms with van der Waals surface area (Å²) in [5.41, 5.74) is 3.39. The molecule has 1 amide bonds. The average molecular weight is 373 g/mol. The first-order chi connectivity index (χ1) is 12.6. The molecule has 0 saturated heterocycles. The van der Waals surface area contributed by atoms with Crippen LogP contribution in [0.5, 0.6) is 0 Å². The molecule has 1 aromatic heterocycles. The Balaban J connectivity index is 1.79. The van der Waals surface area contributed by atoms with Crippen LogP contribution < -0.4 is 5.32 Å². The van der Waals surface area contributed by atoms with Gasteiger partial charge in [-0.3, -0.25) is 4.79 Å². The summed E-state index contributed by atoms with van der Waals surface area (Å²) in [5.74, 6) is 0.738. The molecule has 0 fully saturated rings. The lowest BCUT2D eigenvalue weighted by molar-refractivity contribution is -0.116. The molecule has 4 heteroatoms. The van der Waals surface area contributed by atoms with Gasteiger partial charge in [-0.15, -0.1) is 11.3 Å². The molecule has 0 atom stereocenters. The number of carbonyl (C=O) groups excluding carboxylic acids is 1. The lowest BCUT2D eigenvalue weighted by Gasteiger charge is -2.05. The number of thiazole rings is 1. The van der Waals surface area contributed by atoms with E-state index in [2.05, 4.69) is 55.3 Å². The van der Waals surface area contributed by atoms with Crippen molar-refractivity contribution in [2.24, 2.45) is 5.92 Å². The summed E-state index contributed by atoms with van der Waals surface area (Å²) in [6.07, 6.45) is 8.85. The Labute approximate surface area is 162 Å². The number of hydrogen-bond acceptors (Lipinski definition) is 3. The van der Waals surface area contributed by atoms with E-state index in [1.165, 1.54) is 42.6 Å². The van der Waals surface area contributed by atoms with Gasteiger partial charge in [0.2, 0.25) is 5.91 Å². The molecule has 2 rings (SSSR count). The molecular formula is C22H32N2OS. The van der Waals surface area contributed by atoms with Gasteiger partial charge < -0.3 is 5.32 Å². The van der Waals surface area contributed by atoms with E-state index in [1.807, 2.05) is 5.38 Å². The maximum atomic E-state index is 12.0. The number of amides is 1. The van der Waals surface area contributed by atoms with Crippen LogP contribution in [0.1, 0.15) is 71.3 Å². The number of anilines is 1. The molecule has 3 nitrogen and oxygen atoms in total. The second-order valence-electron chi connectivity index (χ2n) is 7.40. The van der Waals surface area contributed by atoms with E-state index in [4.69, 9.17) is 0 Å². The highest BCUT2D eigenvalue weighted by atomic mass is 32.1. The summed E-state index contributed by atoms with van der Waals surface area (Å²) in [4.78, 5) is 16.6. The summed E-state index contributed by atoms with van der Waals surface area (Å²) in [6, 6.07) is 8.58. The van der Waals surface area contributed by atoms with Gasteiger partial charge in [0.1, 0.15) is 0 Å². The maximum absolute atomic E-state index is 12.0. The Morgan fingerprint density at radius 3 is 2.46 bits per heavy atom. The fourth-order valence-electron chi connectivity index (χ4n) is 2.99. The van der Waals surface area contributed by atoms with Crippen molar-refractivity contribution < 1.29 is 4.79 Å². The second-order valence-corrected chi connectivity index (χ2v) is 8.26. The lowest BCUT2D eigenvalue weighted by atomic mass is 10.0. The van der Waals surface area contributed by atoms with Crippen molar-refractivity contribution in [2.75, 3.05) is 5.32 Å². The molecule has 0 saturated carbocycles. The Morgan fingerprint density at radius 2 is 1.77 bits per heavy atom. The van der Waals surface area contributed by atoms with Crippen molar-refractivity contribution in [3.05, 3.63) is 35.2 Å². The molecule has 0 aliphatic rings. The van der Waals surface area contributed by atoms with Crippen molar-refractivity contribution in [1.82, 2.24) is 4.98 Å². The smallest absolute Gasteiger partial charge is 0.226 e. The Morgan fingerprint density at radius 1 is 1.08 bits per heavy atom. The molecule has 1 heterocycles. The first kappa shape index (κ1) is 20.6. The number of aromatic nitrogens is 1. The minimum absolute atomic E-state index is 0.0775. The number of benzene rings is 1. The van der Waals surface area contributed by atoms with Crippen LogP contribution in [0, 0.1) is 5.92 Å². The summed E-state index contributed by atoms with van der Waals surface area (Å²) in [6.45, 7) is 6.68. The van der Waals surface area contributed by atoms with Gasteiger partial charge in [0.25, 0.3) is 0 Å². The Hall–Kier alpha value is -1.68. The predicted molar refractivity (Wildman–Crippen MR) is 113 cm³/mol. The number of rotatable bonds is 11. The monoisotopic (exact) mass is 372 g/mol. The van der Waals surface area contributed by atoms with Gasteiger partial charge in [-0.25, -0.2) is 4.98 Å². The van der Waals surface area contributed by atoms with Crippen LogP contribution in [-0.2, 0) is 11.2 Å². The molecule has 1 N–H and O–H groups in total. The van der Waals surface area contributed by atoms with Gasteiger partial charge in [-0.05, 0) is 24.3 Å². The molecule has 0 aliphatic heterocycles. The van der Waals surface area contributed by atoms with Crippen molar-refractivity contribution in [3.8, 4) is 11.3 Å². The van der Waals surface area contributed by atoms with Crippen LogP contribution in [0.25, 0.3) is 11.3 Å². The van der Waals surface area contributed by atoms with Gasteiger partial charge in [-0.1, -0.05) is 77.1 Å². The molecule has 0 radical (unpaired) electrons. The molecule has 1 aromatic carbocycles. The van der Waals surface area contributed by atoms with Gasteiger partial charge in [0, 0.05) is 17.4 Å². The van der Waals surface area contributed by atoms with E-state index >= 15 is 0 Å². The third-order valence-corrected chi connectivity index (χ3v) is 5.16. The van der Waals surface area contributed by atoms with Gasteiger partial charge in [-0.2, -0.15) is 0 Å². The zero-order chi connectivity index (χ0) is 18.8. The summed E-state index contributed by atoms with van der Waals surface area (Å²) in [7, 11) is 0. The minimum Gasteiger partial charge on any atom is -0.302 e. The van der Waals surface area contributed by atoms with E-state index in [0.717, 1.165) is 30.5 Å². The number of nitrogens with zero attached hydrogens (tertiary/aromatic N) is 1. The first-order valence-electron chi connectivity index (χ1n) is 9.93. The highest BCUT2D eigenvalue weighted by Crippen LogP contribution is 2.25. The standard InChI is InChI=1S/C22H32N2OS/c1-4-5-6-7-8-9-10-21(25)24-22-23-20(16-26-22)19-13-11-18(12-14-19)15-17(2)3/h11-14,16-17H,4-10,15H2,1-3H3,(H,23,24,25). The molecule has 26 heavy (non-hydrogen) atoms. The highest BCUT2D eigenvalue weighted by molar-refractivity contribution is 7.14. The van der Waals surface area contributed by atoms with Gasteiger partial charge in [0.15, 0.2) is 5.13 Å². The van der Waals surface area contributed by atoms with E-state index in [-0.39, 0.29) is 5.91 Å². The van der Waals surface area contributed by atoms with Crippen molar-refractivity contribution in [2.45, 2.75) is 72.1 Å².